The molecule has 1 saturated carbocycles. The van der Waals surface area contributed by atoms with Gasteiger partial charge in [-0.1, -0.05) is 26.2 Å². The smallest absolute Gasteiger partial charge is 0.224 e. The summed E-state index contributed by atoms with van der Waals surface area (Å²) in [6, 6.07) is 3.60. The van der Waals surface area contributed by atoms with Crippen LogP contribution in [0, 0.1) is 0 Å². The van der Waals surface area contributed by atoms with Crippen molar-refractivity contribution in [2.45, 2.75) is 63.7 Å². The van der Waals surface area contributed by atoms with E-state index in [9.17, 15) is 9.90 Å². The summed E-state index contributed by atoms with van der Waals surface area (Å²) in [6.07, 6.45) is 7.60. The molecule has 1 aromatic carbocycles. The highest BCUT2D eigenvalue weighted by atomic mass is 16.3. The number of fused-ring (bicyclic) bond motifs is 4. The van der Waals surface area contributed by atoms with Gasteiger partial charge in [0, 0.05) is 17.7 Å². The van der Waals surface area contributed by atoms with Crippen LogP contribution in [0.2, 0.25) is 0 Å². The summed E-state index contributed by atoms with van der Waals surface area (Å²) in [5.74, 6) is 1.54. The second-order valence-electron chi connectivity index (χ2n) is 6.11. The van der Waals surface area contributed by atoms with Gasteiger partial charge in [0.25, 0.3) is 0 Å². The maximum atomic E-state index is 11.8. The molecule has 3 nitrogen and oxygen atoms in total. The molecule has 0 radical (unpaired) electrons. The van der Waals surface area contributed by atoms with Gasteiger partial charge in [-0.15, -0.1) is 0 Å². The Morgan fingerprint density at radius 2 is 1.90 bits per heavy atom. The number of rotatable bonds is 3. The van der Waals surface area contributed by atoms with Crippen molar-refractivity contribution in [3.05, 3.63) is 23.3 Å². The fourth-order valence-corrected chi connectivity index (χ4v) is 3.87. The highest BCUT2D eigenvalue weighted by Crippen LogP contribution is 2.58. The topological polar surface area (TPSA) is 49.3 Å². The minimum atomic E-state index is 0.0810. The predicted molar refractivity (Wildman–Crippen MR) is 80.2 cm³/mol. The molecule has 0 heterocycles. The highest BCUT2D eigenvalue weighted by molar-refractivity contribution is 5.92. The summed E-state index contributed by atoms with van der Waals surface area (Å²) in [4.78, 5) is 11.8. The number of benzene rings is 1. The summed E-state index contributed by atoms with van der Waals surface area (Å²) >= 11 is 0. The molecule has 2 atom stereocenters. The van der Waals surface area contributed by atoms with E-state index in [1.54, 1.807) is 6.07 Å². The Labute approximate surface area is 120 Å². The quantitative estimate of drug-likeness (QED) is 0.808. The third-order valence-electron chi connectivity index (χ3n) is 4.77. The number of carbonyl (C=O) groups excluding carboxylic acids is 1. The second kappa shape index (κ2) is 5.47. The normalized spacial score (nSPS) is 24.1. The van der Waals surface area contributed by atoms with E-state index in [4.69, 9.17) is 0 Å². The zero-order valence-electron chi connectivity index (χ0n) is 12.1. The molecular formula is C17H23NO2. The number of hydrogen-bond acceptors (Lipinski definition) is 2. The van der Waals surface area contributed by atoms with Gasteiger partial charge in [-0.2, -0.15) is 0 Å². The SMILES string of the molecule is CCCC(=O)Nc1ccc(O)c2c1[C@@H]1CCCCC[C@H]21. The number of aromatic hydroxyl groups is 1. The number of phenolic OH excluding ortho intramolecular Hbond substituents is 1. The molecule has 0 aliphatic heterocycles. The van der Waals surface area contributed by atoms with Gasteiger partial charge in [-0.05, 0) is 48.8 Å². The van der Waals surface area contributed by atoms with E-state index in [1.807, 2.05) is 13.0 Å². The first kappa shape index (κ1) is 13.5. The van der Waals surface area contributed by atoms with Crippen molar-refractivity contribution in [1.29, 1.82) is 0 Å². The maximum Gasteiger partial charge on any atom is 0.224 e. The molecule has 3 heteroatoms. The Hall–Kier alpha value is -1.51. The van der Waals surface area contributed by atoms with Gasteiger partial charge in [0.1, 0.15) is 5.75 Å². The summed E-state index contributed by atoms with van der Waals surface area (Å²) in [6.45, 7) is 2.01. The molecule has 1 fully saturated rings. The third kappa shape index (κ3) is 2.19. The van der Waals surface area contributed by atoms with E-state index in [0.29, 0.717) is 24.0 Å². The van der Waals surface area contributed by atoms with Gasteiger partial charge in [-0.25, -0.2) is 0 Å². The van der Waals surface area contributed by atoms with Crippen molar-refractivity contribution in [3.8, 4) is 5.75 Å². The minimum absolute atomic E-state index is 0.0810. The van der Waals surface area contributed by atoms with Crippen molar-refractivity contribution in [2.75, 3.05) is 5.32 Å². The van der Waals surface area contributed by atoms with Gasteiger partial charge in [0.2, 0.25) is 5.91 Å². The Balaban J connectivity index is 1.91. The Kier molecular flexibility index (Phi) is 3.68. The molecule has 20 heavy (non-hydrogen) atoms. The van der Waals surface area contributed by atoms with Crippen molar-refractivity contribution < 1.29 is 9.90 Å². The van der Waals surface area contributed by atoms with Crippen molar-refractivity contribution in [2.24, 2.45) is 0 Å². The first-order chi connectivity index (χ1) is 9.72. The van der Waals surface area contributed by atoms with E-state index in [0.717, 1.165) is 17.7 Å². The van der Waals surface area contributed by atoms with Crippen LogP contribution in [0.25, 0.3) is 0 Å². The minimum Gasteiger partial charge on any atom is -0.508 e. The molecule has 2 aliphatic rings. The van der Waals surface area contributed by atoms with Crippen molar-refractivity contribution in [1.82, 2.24) is 0 Å². The lowest BCUT2D eigenvalue weighted by Gasteiger charge is -2.41. The molecule has 0 aromatic heterocycles. The van der Waals surface area contributed by atoms with E-state index in [1.165, 1.54) is 37.7 Å². The number of carbonyl (C=O) groups is 1. The van der Waals surface area contributed by atoms with Crippen LogP contribution in [0.3, 0.4) is 0 Å². The van der Waals surface area contributed by atoms with Crippen LogP contribution in [-0.4, -0.2) is 11.0 Å². The second-order valence-corrected chi connectivity index (χ2v) is 6.11. The molecule has 3 rings (SSSR count). The van der Waals surface area contributed by atoms with E-state index < -0.39 is 0 Å². The lowest BCUT2D eigenvalue weighted by molar-refractivity contribution is -0.116. The molecule has 1 amide bonds. The molecular weight excluding hydrogens is 250 g/mol. The van der Waals surface area contributed by atoms with E-state index in [-0.39, 0.29) is 5.91 Å². The van der Waals surface area contributed by atoms with Crippen molar-refractivity contribution >= 4 is 11.6 Å². The molecule has 0 saturated heterocycles. The van der Waals surface area contributed by atoms with Crippen LogP contribution < -0.4 is 5.32 Å². The summed E-state index contributed by atoms with van der Waals surface area (Å²) in [7, 11) is 0. The summed E-state index contributed by atoms with van der Waals surface area (Å²) < 4.78 is 0. The Morgan fingerprint density at radius 3 is 2.60 bits per heavy atom. The van der Waals surface area contributed by atoms with Crippen LogP contribution in [0.4, 0.5) is 5.69 Å². The van der Waals surface area contributed by atoms with Crippen LogP contribution >= 0.6 is 0 Å². The van der Waals surface area contributed by atoms with Crippen LogP contribution in [0.1, 0.15) is 74.8 Å². The summed E-state index contributed by atoms with van der Waals surface area (Å²) in [5.41, 5.74) is 3.24. The monoisotopic (exact) mass is 273 g/mol. The van der Waals surface area contributed by atoms with Crippen LogP contribution in [0.5, 0.6) is 5.75 Å². The number of anilines is 1. The fraction of sp³-hybridized carbons (Fsp3) is 0.588. The average Bonchev–Trinajstić information content (AvgIpc) is 2.59. The van der Waals surface area contributed by atoms with Gasteiger partial charge >= 0.3 is 0 Å². The van der Waals surface area contributed by atoms with Gasteiger partial charge in [-0.3, -0.25) is 4.79 Å². The summed E-state index contributed by atoms with van der Waals surface area (Å²) in [5, 5.41) is 13.2. The average molecular weight is 273 g/mol. The van der Waals surface area contributed by atoms with Crippen LogP contribution in [-0.2, 0) is 4.79 Å². The number of hydrogen-bond donors (Lipinski definition) is 2. The first-order valence-electron chi connectivity index (χ1n) is 7.88. The fourth-order valence-electron chi connectivity index (χ4n) is 3.87. The van der Waals surface area contributed by atoms with Gasteiger partial charge < -0.3 is 10.4 Å². The van der Waals surface area contributed by atoms with Crippen molar-refractivity contribution in [3.63, 3.8) is 0 Å². The third-order valence-corrected chi connectivity index (χ3v) is 4.77. The van der Waals surface area contributed by atoms with Crippen LogP contribution in [0.15, 0.2) is 12.1 Å². The lowest BCUT2D eigenvalue weighted by Crippen LogP contribution is -2.26. The molecule has 0 spiro atoms. The zero-order valence-corrected chi connectivity index (χ0v) is 12.1. The number of amides is 1. The molecule has 0 unspecified atom stereocenters. The Bertz CT molecular complexity index is 524. The van der Waals surface area contributed by atoms with E-state index in [2.05, 4.69) is 5.32 Å². The standard InChI is InChI=1S/C17H23NO2/c1-2-6-15(20)18-13-9-10-14(19)17-12-8-5-3-4-7-11(12)16(13)17/h9-12,19H,2-8H2,1H3,(H,18,20)/t11-,12+/m1/s1. The number of phenols is 1. The molecule has 0 bridgehead atoms. The zero-order chi connectivity index (χ0) is 14.1. The predicted octanol–water partition coefficient (Wildman–Crippen LogP) is 4.28. The van der Waals surface area contributed by atoms with Gasteiger partial charge in [0.05, 0.1) is 0 Å². The molecule has 1 aromatic rings. The maximum absolute atomic E-state index is 11.8. The lowest BCUT2D eigenvalue weighted by atomic mass is 9.64. The highest BCUT2D eigenvalue weighted by Gasteiger charge is 2.42. The molecule has 2 aliphatic carbocycles. The number of nitrogens with one attached hydrogen (secondary N) is 1. The molecule has 108 valence electrons. The first-order valence-corrected chi connectivity index (χ1v) is 7.88. The Morgan fingerprint density at radius 1 is 1.20 bits per heavy atom. The molecule has 2 N–H and O–H groups in total. The van der Waals surface area contributed by atoms with E-state index >= 15 is 0 Å². The largest absolute Gasteiger partial charge is 0.508 e. The van der Waals surface area contributed by atoms with Gasteiger partial charge in [0.15, 0.2) is 0 Å².